The Balaban J connectivity index is 1.53. The van der Waals surface area contributed by atoms with Crippen molar-refractivity contribution in [3.05, 3.63) is 66.4 Å². The second-order valence-corrected chi connectivity index (χ2v) is 10.0. The van der Waals surface area contributed by atoms with Crippen LogP contribution in [-0.2, 0) is 9.84 Å². The maximum atomic E-state index is 11.6. The highest BCUT2D eigenvalue weighted by molar-refractivity contribution is 7.91. The molecule has 0 unspecified atom stereocenters. The van der Waals surface area contributed by atoms with Crippen LogP contribution in [0.3, 0.4) is 0 Å². The summed E-state index contributed by atoms with van der Waals surface area (Å²) in [5, 5.41) is 12.3. The molecule has 10 heteroatoms. The lowest BCUT2D eigenvalue weighted by Crippen LogP contribution is -2.40. The van der Waals surface area contributed by atoms with Crippen molar-refractivity contribution in [2.75, 3.05) is 18.6 Å². The molecule has 0 radical (unpaired) electrons. The fourth-order valence-electron chi connectivity index (χ4n) is 3.45. The van der Waals surface area contributed by atoms with Crippen molar-refractivity contribution in [3.8, 4) is 22.7 Å². The van der Waals surface area contributed by atoms with E-state index in [-0.39, 0.29) is 22.7 Å². The van der Waals surface area contributed by atoms with Crippen molar-refractivity contribution >= 4 is 33.4 Å². The van der Waals surface area contributed by atoms with E-state index in [9.17, 15) is 8.42 Å². The van der Waals surface area contributed by atoms with Crippen molar-refractivity contribution < 1.29 is 13.2 Å². The van der Waals surface area contributed by atoms with Crippen molar-refractivity contribution in [2.45, 2.75) is 12.5 Å². The number of nitrogens with one attached hydrogen (secondary N) is 2. The molecule has 0 spiro atoms. The van der Waals surface area contributed by atoms with Crippen LogP contribution in [0.15, 0.2) is 65.9 Å². The number of aromatic nitrogens is 2. The Hall–Kier alpha value is -3.24. The Bertz CT molecular complexity index is 1220. The van der Waals surface area contributed by atoms with Gasteiger partial charge in [0.2, 0.25) is 0 Å². The maximum Gasteiger partial charge on any atom is 0.187 e. The van der Waals surface area contributed by atoms with Crippen molar-refractivity contribution in [3.63, 3.8) is 0 Å². The monoisotopic (exact) mass is 469 g/mol. The first-order chi connectivity index (χ1) is 15.4. The summed E-state index contributed by atoms with van der Waals surface area (Å²) in [6.45, 7) is 0. The summed E-state index contributed by atoms with van der Waals surface area (Å²) in [7, 11) is -1.35. The number of hydrogen-bond donors (Lipinski definition) is 2. The molecule has 1 atom stereocenters. The van der Waals surface area contributed by atoms with Crippen LogP contribution in [0.4, 0.5) is 0 Å². The van der Waals surface area contributed by atoms with Gasteiger partial charge in [-0.15, -0.1) is 0 Å². The lowest BCUT2D eigenvalue weighted by Gasteiger charge is -2.12. The highest BCUT2D eigenvalue weighted by Crippen LogP contribution is 2.25. The van der Waals surface area contributed by atoms with E-state index in [1.54, 1.807) is 18.0 Å². The standard InChI is InChI=1S/C22H23N5O3S2/c1-30-20-9-7-16(8-10-20)21-17(14-27(26-21)19-5-3-2-4-6-19)13-23-25-22(31)24-18-11-12-32(28,29)15-18/h2-10,13-14,18H,11-12,15H2,1H3,(H2,24,25,31)/b23-13-/t18-/m1/s1. The molecule has 3 aromatic rings. The second kappa shape index (κ2) is 9.49. The molecule has 1 aromatic heterocycles. The molecule has 4 rings (SSSR count). The lowest BCUT2D eigenvalue weighted by atomic mass is 10.1. The van der Waals surface area contributed by atoms with E-state index in [0.717, 1.165) is 28.3 Å². The SMILES string of the molecule is COc1ccc(-c2nn(-c3ccccc3)cc2/C=N\NC(=S)N[C@@H]2CCS(=O)(=O)C2)cc1. The van der Waals surface area contributed by atoms with Gasteiger partial charge in [-0.1, -0.05) is 18.2 Å². The van der Waals surface area contributed by atoms with E-state index >= 15 is 0 Å². The summed E-state index contributed by atoms with van der Waals surface area (Å²) in [6, 6.07) is 17.2. The van der Waals surface area contributed by atoms with Gasteiger partial charge in [0.05, 0.1) is 30.5 Å². The molecule has 0 bridgehead atoms. The van der Waals surface area contributed by atoms with Gasteiger partial charge in [0.25, 0.3) is 0 Å². The number of methoxy groups -OCH3 is 1. The molecule has 32 heavy (non-hydrogen) atoms. The average Bonchev–Trinajstić information content (AvgIpc) is 3.37. The van der Waals surface area contributed by atoms with Crippen LogP contribution in [0.25, 0.3) is 16.9 Å². The number of hydrazone groups is 1. The van der Waals surface area contributed by atoms with Gasteiger partial charge in [0, 0.05) is 23.4 Å². The van der Waals surface area contributed by atoms with Gasteiger partial charge >= 0.3 is 0 Å². The van der Waals surface area contributed by atoms with Crippen molar-refractivity contribution in [1.29, 1.82) is 0 Å². The molecule has 1 aliphatic rings. The largest absolute Gasteiger partial charge is 0.497 e. The topological polar surface area (TPSA) is 97.6 Å². The Kier molecular flexibility index (Phi) is 6.52. The summed E-state index contributed by atoms with van der Waals surface area (Å²) in [6.07, 6.45) is 4.07. The van der Waals surface area contributed by atoms with E-state index in [4.69, 9.17) is 22.1 Å². The molecule has 0 amide bonds. The second-order valence-electron chi connectivity index (χ2n) is 7.39. The van der Waals surface area contributed by atoms with Crippen LogP contribution in [0.1, 0.15) is 12.0 Å². The van der Waals surface area contributed by atoms with Crippen LogP contribution in [0.5, 0.6) is 5.75 Å². The third-order valence-electron chi connectivity index (χ3n) is 5.06. The molecule has 2 aromatic carbocycles. The minimum atomic E-state index is -2.98. The molecular weight excluding hydrogens is 446 g/mol. The number of para-hydroxylation sites is 1. The quantitative estimate of drug-likeness (QED) is 0.325. The number of thiocarbonyl (C=S) groups is 1. The van der Waals surface area contributed by atoms with Crippen LogP contribution >= 0.6 is 12.2 Å². The van der Waals surface area contributed by atoms with E-state index in [1.165, 1.54) is 0 Å². The molecule has 0 saturated carbocycles. The molecule has 1 saturated heterocycles. The summed E-state index contributed by atoms with van der Waals surface area (Å²) >= 11 is 5.25. The minimum Gasteiger partial charge on any atom is -0.497 e. The highest BCUT2D eigenvalue weighted by Gasteiger charge is 2.28. The first-order valence-corrected chi connectivity index (χ1v) is 12.3. The van der Waals surface area contributed by atoms with Crippen LogP contribution in [-0.4, -0.2) is 54.2 Å². The summed E-state index contributed by atoms with van der Waals surface area (Å²) in [5.74, 6) is 1.03. The van der Waals surface area contributed by atoms with Crippen LogP contribution < -0.4 is 15.5 Å². The van der Waals surface area contributed by atoms with Crippen LogP contribution in [0, 0.1) is 0 Å². The molecule has 1 aliphatic heterocycles. The number of rotatable bonds is 6. The first kappa shape index (κ1) is 22.0. The van der Waals surface area contributed by atoms with Gasteiger partial charge in [-0.25, -0.2) is 13.1 Å². The van der Waals surface area contributed by atoms with E-state index in [0.29, 0.717) is 6.42 Å². The zero-order chi connectivity index (χ0) is 22.6. The molecular formula is C22H23N5O3S2. The van der Waals surface area contributed by atoms with Gasteiger partial charge in [0.15, 0.2) is 14.9 Å². The van der Waals surface area contributed by atoms with Crippen molar-refractivity contribution in [1.82, 2.24) is 20.5 Å². The Morgan fingerprint density at radius 2 is 1.97 bits per heavy atom. The zero-order valence-electron chi connectivity index (χ0n) is 17.4. The molecule has 8 nitrogen and oxygen atoms in total. The fraction of sp³-hybridized carbons (Fsp3) is 0.227. The minimum absolute atomic E-state index is 0.0873. The number of sulfone groups is 1. The molecule has 166 valence electrons. The van der Waals surface area contributed by atoms with Gasteiger partial charge in [0.1, 0.15) is 11.4 Å². The molecule has 2 N–H and O–H groups in total. The number of nitrogens with zero attached hydrogens (tertiary/aromatic N) is 3. The number of ether oxygens (including phenoxy) is 1. The van der Waals surface area contributed by atoms with Crippen LogP contribution in [0.2, 0.25) is 0 Å². The third kappa shape index (κ3) is 5.32. The number of benzene rings is 2. The molecule has 1 fully saturated rings. The Morgan fingerprint density at radius 1 is 1.22 bits per heavy atom. The summed E-state index contributed by atoms with van der Waals surface area (Å²) < 4.78 is 30.2. The molecule has 0 aliphatic carbocycles. The van der Waals surface area contributed by atoms with Gasteiger partial charge in [-0.3, -0.25) is 5.43 Å². The summed E-state index contributed by atoms with van der Waals surface area (Å²) in [4.78, 5) is 0. The first-order valence-electron chi connectivity index (χ1n) is 10.0. The summed E-state index contributed by atoms with van der Waals surface area (Å²) in [5.41, 5.74) is 6.15. The van der Waals surface area contributed by atoms with E-state index in [1.807, 2.05) is 60.8 Å². The molecule has 2 heterocycles. The Morgan fingerprint density at radius 3 is 2.62 bits per heavy atom. The third-order valence-corrected chi connectivity index (χ3v) is 7.04. The number of hydrogen-bond acceptors (Lipinski definition) is 6. The van der Waals surface area contributed by atoms with Crippen molar-refractivity contribution in [2.24, 2.45) is 5.10 Å². The maximum absolute atomic E-state index is 11.6. The predicted octanol–water partition coefficient (Wildman–Crippen LogP) is 2.53. The van der Waals surface area contributed by atoms with Gasteiger partial charge in [-0.2, -0.15) is 10.2 Å². The normalized spacial score (nSPS) is 17.3. The van der Waals surface area contributed by atoms with E-state index in [2.05, 4.69) is 15.8 Å². The smallest absolute Gasteiger partial charge is 0.187 e. The predicted molar refractivity (Wildman–Crippen MR) is 129 cm³/mol. The van der Waals surface area contributed by atoms with E-state index < -0.39 is 9.84 Å². The zero-order valence-corrected chi connectivity index (χ0v) is 19.1. The fourth-order valence-corrected chi connectivity index (χ4v) is 5.35. The van der Waals surface area contributed by atoms with Gasteiger partial charge < -0.3 is 10.1 Å². The average molecular weight is 470 g/mol. The highest BCUT2D eigenvalue weighted by atomic mass is 32.2. The Labute approximate surface area is 192 Å². The van der Waals surface area contributed by atoms with Gasteiger partial charge in [-0.05, 0) is 55.0 Å². The lowest BCUT2D eigenvalue weighted by molar-refractivity contribution is 0.415.